The smallest absolute Gasteiger partial charge is 0.241 e. The van der Waals surface area contributed by atoms with E-state index in [1.165, 1.54) is 12.8 Å². The number of carbonyl (C=O) groups excluding carboxylic acids is 1. The molecule has 1 amide bonds. The normalized spacial score (nSPS) is 15.1. The number of aromatic amines is 1. The van der Waals surface area contributed by atoms with E-state index >= 15 is 0 Å². The first kappa shape index (κ1) is 18.7. The van der Waals surface area contributed by atoms with Gasteiger partial charge in [-0.1, -0.05) is 26.0 Å². The highest BCUT2D eigenvalue weighted by Crippen LogP contribution is 2.29. The van der Waals surface area contributed by atoms with Crippen LogP contribution in [-0.4, -0.2) is 28.5 Å². The third-order valence-corrected chi connectivity index (χ3v) is 5.30. The standard InChI is InChI=1S/C23H28N4O/c1-15(2)13-21(26-14-16-3-4-16)23(28)27-18-7-5-17(6-8-18)19-9-11-24-22-20(19)10-12-25-22/h5-12,15-16,21,26H,3-4,13-14H2,1-2H3,(H,24,25)(H,27,28)/t21-/m1/s1. The fourth-order valence-corrected chi connectivity index (χ4v) is 3.56. The van der Waals surface area contributed by atoms with Gasteiger partial charge < -0.3 is 15.6 Å². The number of nitrogens with one attached hydrogen (secondary N) is 3. The van der Waals surface area contributed by atoms with E-state index in [1.54, 1.807) is 0 Å². The molecule has 28 heavy (non-hydrogen) atoms. The molecule has 2 heterocycles. The Balaban J connectivity index is 1.45. The van der Waals surface area contributed by atoms with E-state index in [1.807, 2.05) is 48.8 Å². The molecule has 1 atom stereocenters. The minimum absolute atomic E-state index is 0.0547. The van der Waals surface area contributed by atoms with Crippen molar-refractivity contribution in [1.29, 1.82) is 0 Å². The number of anilines is 1. The van der Waals surface area contributed by atoms with Crippen molar-refractivity contribution < 1.29 is 4.79 Å². The van der Waals surface area contributed by atoms with Crippen LogP contribution in [0, 0.1) is 11.8 Å². The molecule has 0 unspecified atom stereocenters. The molecule has 3 aromatic rings. The van der Waals surface area contributed by atoms with Gasteiger partial charge in [-0.05, 0) is 73.0 Å². The number of rotatable bonds is 8. The van der Waals surface area contributed by atoms with Crippen LogP contribution in [0.2, 0.25) is 0 Å². The average Bonchev–Trinajstić information content (AvgIpc) is 3.39. The molecule has 0 saturated heterocycles. The molecule has 1 fully saturated rings. The number of carbonyl (C=O) groups is 1. The second-order valence-corrected chi connectivity index (χ2v) is 8.20. The monoisotopic (exact) mass is 376 g/mol. The van der Waals surface area contributed by atoms with Crippen LogP contribution in [0.1, 0.15) is 33.1 Å². The lowest BCUT2D eigenvalue weighted by molar-refractivity contribution is -0.118. The number of H-pyrrole nitrogens is 1. The fourth-order valence-electron chi connectivity index (χ4n) is 3.56. The van der Waals surface area contributed by atoms with Crippen LogP contribution < -0.4 is 10.6 Å². The lowest BCUT2D eigenvalue weighted by Gasteiger charge is -2.20. The van der Waals surface area contributed by atoms with Crippen LogP contribution in [-0.2, 0) is 4.79 Å². The Morgan fingerprint density at radius 3 is 2.68 bits per heavy atom. The number of nitrogens with zero attached hydrogens (tertiary/aromatic N) is 1. The Labute approximate surface area is 166 Å². The van der Waals surface area contributed by atoms with Crippen LogP contribution in [0.15, 0.2) is 48.8 Å². The average molecular weight is 377 g/mol. The fraction of sp³-hybridized carbons (Fsp3) is 0.391. The Morgan fingerprint density at radius 2 is 1.96 bits per heavy atom. The number of pyridine rings is 1. The number of hydrogen-bond acceptors (Lipinski definition) is 3. The minimum atomic E-state index is -0.139. The van der Waals surface area contributed by atoms with Gasteiger partial charge in [0.25, 0.3) is 0 Å². The molecule has 5 heteroatoms. The van der Waals surface area contributed by atoms with E-state index in [9.17, 15) is 4.79 Å². The van der Waals surface area contributed by atoms with Gasteiger partial charge in [0.05, 0.1) is 6.04 Å². The maximum Gasteiger partial charge on any atom is 0.241 e. The Bertz CT molecular complexity index is 941. The number of fused-ring (bicyclic) bond motifs is 1. The zero-order valence-electron chi connectivity index (χ0n) is 16.5. The Kier molecular flexibility index (Phi) is 5.44. The SMILES string of the molecule is CC(C)C[C@@H](NCC1CC1)C(=O)Nc1ccc(-c2ccnc3[nH]ccc23)cc1. The first-order valence-corrected chi connectivity index (χ1v) is 10.2. The van der Waals surface area contributed by atoms with Crippen molar-refractivity contribution in [3.8, 4) is 11.1 Å². The third kappa shape index (κ3) is 4.42. The van der Waals surface area contributed by atoms with E-state index in [4.69, 9.17) is 0 Å². The highest BCUT2D eigenvalue weighted by atomic mass is 16.2. The van der Waals surface area contributed by atoms with Gasteiger partial charge in [-0.3, -0.25) is 4.79 Å². The molecule has 0 radical (unpaired) electrons. The maximum absolute atomic E-state index is 12.8. The lowest BCUT2D eigenvalue weighted by atomic mass is 10.0. The second kappa shape index (κ2) is 8.15. The molecular formula is C23H28N4O. The quantitative estimate of drug-likeness (QED) is 0.539. The van der Waals surface area contributed by atoms with Crippen molar-refractivity contribution >= 4 is 22.6 Å². The molecule has 3 N–H and O–H groups in total. The summed E-state index contributed by atoms with van der Waals surface area (Å²) in [4.78, 5) is 20.3. The van der Waals surface area contributed by atoms with Crippen LogP contribution in [0.3, 0.4) is 0 Å². The van der Waals surface area contributed by atoms with E-state index in [-0.39, 0.29) is 11.9 Å². The summed E-state index contributed by atoms with van der Waals surface area (Å²) >= 11 is 0. The van der Waals surface area contributed by atoms with Gasteiger partial charge in [0.15, 0.2) is 0 Å². The van der Waals surface area contributed by atoms with Crippen molar-refractivity contribution in [3.63, 3.8) is 0 Å². The molecule has 0 aliphatic heterocycles. The molecule has 146 valence electrons. The number of hydrogen-bond donors (Lipinski definition) is 3. The first-order valence-electron chi connectivity index (χ1n) is 10.2. The van der Waals surface area contributed by atoms with Gasteiger partial charge in [0, 0.05) is 23.5 Å². The molecule has 5 nitrogen and oxygen atoms in total. The zero-order valence-corrected chi connectivity index (χ0v) is 16.5. The molecule has 0 spiro atoms. The molecule has 1 saturated carbocycles. The third-order valence-electron chi connectivity index (χ3n) is 5.30. The first-order chi connectivity index (χ1) is 13.6. The minimum Gasteiger partial charge on any atom is -0.346 e. The van der Waals surface area contributed by atoms with Crippen molar-refractivity contribution in [2.75, 3.05) is 11.9 Å². The number of aromatic nitrogens is 2. The topological polar surface area (TPSA) is 69.8 Å². The van der Waals surface area contributed by atoms with Gasteiger partial charge in [-0.2, -0.15) is 0 Å². The van der Waals surface area contributed by atoms with Crippen LogP contribution >= 0.6 is 0 Å². The number of amides is 1. The highest BCUT2D eigenvalue weighted by molar-refractivity contribution is 5.96. The summed E-state index contributed by atoms with van der Waals surface area (Å²) in [6.45, 7) is 5.26. The van der Waals surface area contributed by atoms with Gasteiger partial charge in [0.1, 0.15) is 5.65 Å². The molecule has 4 rings (SSSR count). The predicted molar refractivity (Wildman–Crippen MR) is 114 cm³/mol. The summed E-state index contributed by atoms with van der Waals surface area (Å²) in [5, 5.41) is 7.65. The van der Waals surface area contributed by atoms with Crippen LogP contribution in [0.4, 0.5) is 5.69 Å². The predicted octanol–water partition coefficient (Wildman–Crippen LogP) is 4.58. The molecule has 0 bridgehead atoms. The van der Waals surface area contributed by atoms with Crippen LogP contribution in [0.25, 0.3) is 22.2 Å². The van der Waals surface area contributed by atoms with E-state index in [2.05, 4.69) is 34.4 Å². The highest BCUT2D eigenvalue weighted by Gasteiger charge is 2.25. The second-order valence-electron chi connectivity index (χ2n) is 8.20. The van der Waals surface area contributed by atoms with Crippen LogP contribution in [0.5, 0.6) is 0 Å². The van der Waals surface area contributed by atoms with Gasteiger partial charge in [-0.25, -0.2) is 4.98 Å². The van der Waals surface area contributed by atoms with Crippen molar-refractivity contribution in [1.82, 2.24) is 15.3 Å². The molecule has 1 aromatic carbocycles. The summed E-state index contributed by atoms with van der Waals surface area (Å²) in [6.07, 6.45) is 7.13. The van der Waals surface area contributed by atoms with E-state index < -0.39 is 0 Å². The van der Waals surface area contributed by atoms with Crippen molar-refractivity contribution in [2.24, 2.45) is 11.8 Å². The van der Waals surface area contributed by atoms with Crippen molar-refractivity contribution in [3.05, 3.63) is 48.8 Å². The molecule has 2 aromatic heterocycles. The van der Waals surface area contributed by atoms with Gasteiger partial charge >= 0.3 is 0 Å². The van der Waals surface area contributed by atoms with E-state index in [0.717, 1.165) is 46.7 Å². The van der Waals surface area contributed by atoms with Gasteiger partial charge in [0.2, 0.25) is 5.91 Å². The molecule has 1 aliphatic carbocycles. The summed E-state index contributed by atoms with van der Waals surface area (Å²) in [5.74, 6) is 1.28. The van der Waals surface area contributed by atoms with Gasteiger partial charge in [-0.15, -0.1) is 0 Å². The summed E-state index contributed by atoms with van der Waals surface area (Å²) in [5.41, 5.74) is 3.95. The summed E-state index contributed by atoms with van der Waals surface area (Å²) < 4.78 is 0. The number of benzene rings is 1. The zero-order chi connectivity index (χ0) is 19.5. The lowest BCUT2D eigenvalue weighted by Crippen LogP contribution is -2.42. The Morgan fingerprint density at radius 1 is 1.18 bits per heavy atom. The largest absolute Gasteiger partial charge is 0.346 e. The molecule has 1 aliphatic rings. The molecular weight excluding hydrogens is 348 g/mol. The maximum atomic E-state index is 12.8. The van der Waals surface area contributed by atoms with E-state index in [0.29, 0.717) is 5.92 Å². The summed E-state index contributed by atoms with van der Waals surface area (Å²) in [7, 11) is 0. The Hall–Kier alpha value is -2.66. The summed E-state index contributed by atoms with van der Waals surface area (Å²) in [6, 6.07) is 12.0. The van der Waals surface area contributed by atoms with Crippen molar-refractivity contribution in [2.45, 2.75) is 39.2 Å².